The van der Waals surface area contributed by atoms with Gasteiger partial charge in [-0.1, -0.05) is 11.8 Å². The highest BCUT2D eigenvalue weighted by atomic mass is 16.3. The number of hydrogen-bond donors (Lipinski definition) is 1. The first kappa shape index (κ1) is 15.3. The Kier molecular flexibility index (Phi) is 6.17. The third-order valence-electron chi connectivity index (χ3n) is 2.80. The van der Waals surface area contributed by atoms with Gasteiger partial charge >= 0.3 is 0 Å². The maximum atomic E-state index is 11.5. The number of furan rings is 1. The van der Waals surface area contributed by atoms with Gasteiger partial charge in [-0.05, 0) is 39.8 Å². The third-order valence-corrected chi connectivity index (χ3v) is 2.80. The second kappa shape index (κ2) is 7.65. The molecule has 1 aromatic heterocycles. The van der Waals surface area contributed by atoms with Gasteiger partial charge in [-0.3, -0.25) is 9.69 Å². The summed E-state index contributed by atoms with van der Waals surface area (Å²) in [5.74, 6) is 6.11. The van der Waals surface area contributed by atoms with Gasteiger partial charge in [0.25, 0.3) is 5.91 Å². The van der Waals surface area contributed by atoms with Crippen molar-refractivity contribution >= 4 is 5.91 Å². The van der Waals surface area contributed by atoms with Crippen molar-refractivity contribution in [3.8, 4) is 11.8 Å². The van der Waals surface area contributed by atoms with Gasteiger partial charge in [0.1, 0.15) is 0 Å². The average Bonchev–Trinajstić information content (AvgIpc) is 2.85. The molecule has 0 saturated heterocycles. The molecule has 19 heavy (non-hydrogen) atoms. The zero-order valence-electron chi connectivity index (χ0n) is 12.1. The van der Waals surface area contributed by atoms with Gasteiger partial charge in [0, 0.05) is 12.1 Å². The smallest absolute Gasteiger partial charge is 0.287 e. The predicted molar refractivity (Wildman–Crippen MR) is 75.8 cm³/mol. The maximum Gasteiger partial charge on any atom is 0.287 e. The minimum absolute atomic E-state index is 0.233. The summed E-state index contributed by atoms with van der Waals surface area (Å²) in [6.45, 7) is 9.66. The van der Waals surface area contributed by atoms with Crippen LogP contribution in [0.4, 0.5) is 0 Å². The van der Waals surface area contributed by atoms with Crippen LogP contribution in [0.15, 0.2) is 22.8 Å². The van der Waals surface area contributed by atoms with Crippen LogP contribution >= 0.6 is 0 Å². The van der Waals surface area contributed by atoms with E-state index in [1.54, 1.807) is 12.1 Å². The molecule has 0 bridgehead atoms. The van der Waals surface area contributed by atoms with Crippen molar-refractivity contribution in [3.05, 3.63) is 24.2 Å². The summed E-state index contributed by atoms with van der Waals surface area (Å²) in [6, 6.07) is 4.24. The number of amides is 1. The van der Waals surface area contributed by atoms with Crippen molar-refractivity contribution in [1.29, 1.82) is 0 Å². The molecule has 0 saturated carbocycles. The lowest BCUT2D eigenvalue weighted by Crippen LogP contribution is -2.37. The van der Waals surface area contributed by atoms with E-state index in [1.807, 2.05) is 0 Å². The van der Waals surface area contributed by atoms with E-state index in [4.69, 9.17) is 4.42 Å². The molecular formula is C15H22N2O2. The number of rotatable bonds is 5. The molecule has 4 nitrogen and oxygen atoms in total. The first-order valence-corrected chi connectivity index (χ1v) is 6.55. The van der Waals surface area contributed by atoms with Crippen LogP contribution in [0.3, 0.4) is 0 Å². The van der Waals surface area contributed by atoms with Crippen LogP contribution in [0.5, 0.6) is 0 Å². The highest BCUT2D eigenvalue weighted by molar-refractivity contribution is 5.91. The number of nitrogens with one attached hydrogen (secondary N) is 1. The minimum atomic E-state index is -0.233. The Bertz CT molecular complexity index is 430. The Morgan fingerprint density at radius 1 is 1.32 bits per heavy atom. The molecule has 0 atom stereocenters. The molecular weight excluding hydrogens is 240 g/mol. The molecule has 1 N–H and O–H groups in total. The van der Waals surface area contributed by atoms with Crippen LogP contribution in [0, 0.1) is 11.8 Å². The quantitative estimate of drug-likeness (QED) is 0.827. The predicted octanol–water partition coefficient (Wildman–Crippen LogP) is 2.13. The number of carbonyl (C=O) groups excluding carboxylic acids is 1. The Hall–Kier alpha value is -1.73. The number of carbonyl (C=O) groups is 1. The lowest BCUT2D eigenvalue weighted by atomic mass is 10.2. The topological polar surface area (TPSA) is 45.5 Å². The Labute approximate surface area is 115 Å². The molecule has 1 rings (SSSR count). The monoisotopic (exact) mass is 262 g/mol. The van der Waals surface area contributed by atoms with Gasteiger partial charge in [-0.2, -0.15) is 0 Å². The number of nitrogens with zero attached hydrogens (tertiary/aromatic N) is 1. The van der Waals surface area contributed by atoms with Crippen LogP contribution in [-0.2, 0) is 0 Å². The highest BCUT2D eigenvalue weighted by Crippen LogP contribution is 2.03. The lowest BCUT2D eigenvalue weighted by Gasteiger charge is -2.28. The van der Waals surface area contributed by atoms with Gasteiger partial charge in [0.15, 0.2) is 5.76 Å². The van der Waals surface area contributed by atoms with Crippen LogP contribution in [-0.4, -0.2) is 36.0 Å². The molecule has 1 aromatic rings. The lowest BCUT2D eigenvalue weighted by molar-refractivity contribution is 0.0931. The Balaban J connectivity index is 2.33. The van der Waals surface area contributed by atoms with Crippen LogP contribution in [0.25, 0.3) is 0 Å². The summed E-state index contributed by atoms with van der Waals surface area (Å²) in [6.07, 6.45) is 1.48. The van der Waals surface area contributed by atoms with Crippen LogP contribution < -0.4 is 5.32 Å². The molecule has 1 amide bonds. The molecule has 4 heteroatoms. The average molecular weight is 262 g/mol. The minimum Gasteiger partial charge on any atom is -0.459 e. The van der Waals surface area contributed by atoms with E-state index in [-0.39, 0.29) is 5.91 Å². The first-order valence-electron chi connectivity index (χ1n) is 6.55. The molecule has 0 aromatic carbocycles. The van der Waals surface area contributed by atoms with Gasteiger partial charge in [0.05, 0.1) is 19.4 Å². The van der Waals surface area contributed by atoms with E-state index in [9.17, 15) is 4.79 Å². The van der Waals surface area contributed by atoms with Crippen molar-refractivity contribution in [1.82, 2.24) is 10.2 Å². The van der Waals surface area contributed by atoms with Gasteiger partial charge < -0.3 is 9.73 Å². The van der Waals surface area contributed by atoms with Crippen molar-refractivity contribution < 1.29 is 9.21 Å². The summed E-state index contributed by atoms with van der Waals surface area (Å²) in [5.41, 5.74) is 0. The fraction of sp³-hybridized carbons (Fsp3) is 0.533. The van der Waals surface area contributed by atoms with Gasteiger partial charge in [0.2, 0.25) is 0 Å². The van der Waals surface area contributed by atoms with Crippen LogP contribution in [0.1, 0.15) is 38.2 Å². The SMILES string of the molecule is CC(C)N(CC#CCNC(=O)c1ccco1)C(C)C. The molecule has 0 radical (unpaired) electrons. The molecule has 0 unspecified atom stereocenters. The van der Waals surface area contributed by atoms with E-state index in [1.165, 1.54) is 6.26 Å². The Morgan fingerprint density at radius 3 is 2.53 bits per heavy atom. The fourth-order valence-corrected chi connectivity index (χ4v) is 1.79. The van der Waals surface area contributed by atoms with Gasteiger partial charge in [-0.25, -0.2) is 0 Å². The molecule has 104 valence electrons. The summed E-state index contributed by atoms with van der Waals surface area (Å²) < 4.78 is 4.98. The second-order valence-corrected chi connectivity index (χ2v) is 4.87. The normalized spacial score (nSPS) is 10.7. The zero-order chi connectivity index (χ0) is 14.3. The highest BCUT2D eigenvalue weighted by Gasteiger charge is 2.11. The Morgan fingerprint density at radius 2 is 2.00 bits per heavy atom. The van der Waals surface area contributed by atoms with Crippen molar-refractivity contribution in [2.45, 2.75) is 39.8 Å². The van der Waals surface area contributed by atoms with E-state index in [0.29, 0.717) is 30.9 Å². The largest absolute Gasteiger partial charge is 0.459 e. The summed E-state index contributed by atoms with van der Waals surface area (Å²) in [5, 5.41) is 2.69. The standard InChI is InChI=1S/C15H22N2O2/c1-12(2)17(13(3)4)10-6-5-9-16-15(18)14-8-7-11-19-14/h7-8,11-13H,9-10H2,1-4H3,(H,16,18). The van der Waals surface area contributed by atoms with E-state index in [0.717, 1.165) is 0 Å². The second-order valence-electron chi connectivity index (χ2n) is 4.87. The molecule has 0 aliphatic carbocycles. The third kappa shape index (κ3) is 5.19. The van der Waals surface area contributed by atoms with Crippen molar-refractivity contribution in [2.75, 3.05) is 13.1 Å². The first-order chi connectivity index (χ1) is 9.02. The number of hydrogen-bond acceptors (Lipinski definition) is 3. The zero-order valence-corrected chi connectivity index (χ0v) is 12.1. The van der Waals surface area contributed by atoms with Crippen molar-refractivity contribution in [2.24, 2.45) is 0 Å². The maximum absolute atomic E-state index is 11.5. The van der Waals surface area contributed by atoms with Gasteiger partial charge in [-0.15, -0.1) is 0 Å². The summed E-state index contributed by atoms with van der Waals surface area (Å²) in [4.78, 5) is 13.8. The van der Waals surface area contributed by atoms with E-state index in [2.05, 4.69) is 49.8 Å². The molecule has 0 spiro atoms. The fourth-order valence-electron chi connectivity index (χ4n) is 1.79. The van der Waals surface area contributed by atoms with E-state index < -0.39 is 0 Å². The van der Waals surface area contributed by atoms with Crippen LogP contribution in [0.2, 0.25) is 0 Å². The van der Waals surface area contributed by atoms with Crippen molar-refractivity contribution in [3.63, 3.8) is 0 Å². The molecule has 0 aliphatic heterocycles. The molecule has 1 heterocycles. The summed E-state index contributed by atoms with van der Waals surface area (Å²) >= 11 is 0. The van der Waals surface area contributed by atoms with E-state index >= 15 is 0 Å². The molecule has 0 aliphatic rings. The summed E-state index contributed by atoms with van der Waals surface area (Å²) in [7, 11) is 0. The molecule has 0 fully saturated rings.